The molecule has 0 aliphatic heterocycles. The molecule has 0 bridgehead atoms. The number of nitrogens with zero attached hydrogens (tertiary/aromatic N) is 3. The zero-order chi connectivity index (χ0) is 34.8. The van der Waals surface area contributed by atoms with Crippen LogP contribution in [-0.2, 0) is 35.2 Å². The van der Waals surface area contributed by atoms with Crippen LogP contribution in [0.15, 0.2) is 69.8 Å². The monoisotopic (exact) mass is 653 g/mol. The van der Waals surface area contributed by atoms with Crippen molar-refractivity contribution in [3.05, 3.63) is 60.2 Å². The molecule has 5 amide bonds. The summed E-state index contributed by atoms with van der Waals surface area (Å²) in [7, 11) is 0. The van der Waals surface area contributed by atoms with Gasteiger partial charge in [0.1, 0.15) is 18.1 Å². The molecule has 0 saturated carbocycles. The van der Waals surface area contributed by atoms with Gasteiger partial charge >= 0.3 is 5.97 Å². The molecule has 2 aromatic rings. The quantitative estimate of drug-likeness (QED) is 0.0354. The van der Waals surface area contributed by atoms with Crippen LogP contribution in [0, 0.1) is 0 Å². The first kappa shape index (κ1) is 37.3. The Morgan fingerprint density at radius 1 is 0.745 bits per heavy atom. The average molecular weight is 654 g/mol. The lowest BCUT2D eigenvalue weighted by molar-refractivity contribution is -0.141. The van der Waals surface area contributed by atoms with Gasteiger partial charge in [0, 0.05) is 13.0 Å². The maximum absolute atomic E-state index is 13.0. The lowest BCUT2D eigenvalue weighted by Crippen LogP contribution is -2.56. The van der Waals surface area contributed by atoms with Crippen LogP contribution in [0.5, 0.6) is 0 Å². The summed E-state index contributed by atoms with van der Waals surface area (Å²) in [5.74, 6) is -5.74. The highest BCUT2D eigenvalue weighted by Crippen LogP contribution is 2.19. The van der Waals surface area contributed by atoms with Crippen molar-refractivity contribution in [2.24, 2.45) is 38.2 Å². The van der Waals surface area contributed by atoms with E-state index in [1.807, 2.05) is 18.2 Å². The number of primary amides is 1. The Morgan fingerprint density at radius 3 is 1.94 bits per heavy atom. The Bertz CT molecular complexity index is 1450. The Morgan fingerprint density at radius 2 is 1.36 bits per heavy atom. The van der Waals surface area contributed by atoms with E-state index >= 15 is 0 Å². The first-order valence-corrected chi connectivity index (χ1v) is 14.4. The van der Waals surface area contributed by atoms with E-state index in [0.29, 0.717) is 23.4 Å². The van der Waals surface area contributed by atoms with Crippen LogP contribution in [0.2, 0.25) is 0 Å². The Kier molecular flexibility index (Phi) is 15.4. The summed E-state index contributed by atoms with van der Waals surface area (Å²) in [6.45, 7) is -0.879. The molecule has 2 rings (SSSR count). The summed E-state index contributed by atoms with van der Waals surface area (Å²) < 4.78 is 0. The minimum atomic E-state index is -1.62. The molecular formula is C29H39N11O7. The van der Waals surface area contributed by atoms with Crippen molar-refractivity contribution in [1.82, 2.24) is 21.3 Å². The molecule has 0 spiro atoms. The largest absolute Gasteiger partial charge is 0.481 e. The van der Waals surface area contributed by atoms with Crippen LogP contribution in [0.3, 0.4) is 0 Å². The summed E-state index contributed by atoms with van der Waals surface area (Å²) >= 11 is 0. The Labute approximate surface area is 269 Å². The summed E-state index contributed by atoms with van der Waals surface area (Å²) in [4.78, 5) is 77.4. The lowest BCUT2D eigenvalue weighted by atomic mass is 10.0. The fraction of sp³-hybridized carbons (Fsp3) is 0.345. The second kappa shape index (κ2) is 19.5. The fourth-order valence-corrected chi connectivity index (χ4v) is 3.99. The molecule has 252 valence electrons. The van der Waals surface area contributed by atoms with Gasteiger partial charge in [-0.25, -0.2) is 0 Å². The van der Waals surface area contributed by atoms with Crippen LogP contribution in [-0.4, -0.2) is 84.3 Å². The standard InChI is InChI=1S/C29H39N11O7/c30-15-23(41)36-20(7-4-12-34-29(32)33)27(46)35-16-24(42)37-22(14-25(43)44)28(47)38-21(26(31)45)13-17-8-10-19(11-9-17)40-39-18-5-2-1-3-6-18/h1-3,5-6,8-11,20-22H,4,7,12-16,30H2,(H2,31,45)(H,35,46)(H,36,41)(H,37,42)(H,38,47)(H,43,44)(H4,32,33,34)/t20-,21-,22-/m0/s1. The third kappa shape index (κ3) is 14.6. The normalized spacial score (nSPS) is 12.6. The number of carboxylic acid groups (broad SMARTS) is 1. The first-order chi connectivity index (χ1) is 22.4. The van der Waals surface area contributed by atoms with Gasteiger partial charge in [0.05, 0.1) is 30.9 Å². The molecule has 18 heteroatoms. The molecule has 2 aromatic carbocycles. The molecule has 3 atom stereocenters. The van der Waals surface area contributed by atoms with E-state index in [1.54, 1.807) is 36.4 Å². The third-order valence-electron chi connectivity index (χ3n) is 6.31. The summed E-state index contributed by atoms with van der Waals surface area (Å²) in [6, 6.07) is 11.7. The van der Waals surface area contributed by atoms with Crippen molar-refractivity contribution in [2.45, 2.75) is 43.8 Å². The molecule has 0 unspecified atom stereocenters. The van der Waals surface area contributed by atoms with Crippen LogP contribution >= 0.6 is 0 Å². The predicted molar refractivity (Wildman–Crippen MR) is 170 cm³/mol. The highest BCUT2D eigenvalue weighted by Gasteiger charge is 2.28. The molecule has 18 nitrogen and oxygen atoms in total. The zero-order valence-corrected chi connectivity index (χ0v) is 25.4. The molecule has 0 aliphatic rings. The summed E-state index contributed by atoms with van der Waals surface area (Å²) in [6.07, 6.45) is -0.467. The van der Waals surface area contributed by atoms with E-state index < -0.39 is 66.6 Å². The number of azo groups is 1. The topological polar surface area (TPSA) is 312 Å². The number of amides is 5. The molecule has 0 saturated heterocycles. The zero-order valence-electron chi connectivity index (χ0n) is 25.4. The Balaban J connectivity index is 2.00. The van der Waals surface area contributed by atoms with Crippen LogP contribution in [0.4, 0.5) is 11.4 Å². The number of benzene rings is 2. The maximum Gasteiger partial charge on any atom is 0.305 e. The van der Waals surface area contributed by atoms with Gasteiger partial charge in [-0.05, 0) is 42.7 Å². The number of carbonyl (C=O) groups excluding carboxylic acids is 5. The van der Waals surface area contributed by atoms with E-state index in [9.17, 15) is 33.9 Å². The minimum Gasteiger partial charge on any atom is -0.481 e. The summed E-state index contributed by atoms with van der Waals surface area (Å²) in [5.41, 5.74) is 23.1. The van der Waals surface area contributed by atoms with Crippen LogP contribution in [0.1, 0.15) is 24.8 Å². The number of aliphatic carboxylic acids is 1. The van der Waals surface area contributed by atoms with Gasteiger partial charge in [-0.1, -0.05) is 30.3 Å². The highest BCUT2D eigenvalue weighted by atomic mass is 16.4. The van der Waals surface area contributed by atoms with E-state index in [1.165, 1.54) is 0 Å². The first-order valence-electron chi connectivity index (χ1n) is 14.4. The second-order valence-electron chi connectivity index (χ2n) is 10.1. The molecular weight excluding hydrogens is 614 g/mol. The van der Waals surface area contributed by atoms with Crippen LogP contribution < -0.4 is 44.2 Å². The minimum absolute atomic E-state index is 0.0416. The highest BCUT2D eigenvalue weighted by molar-refractivity contribution is 5.95. The van der Waals surface area contributed by atoms with Crippen molar-refractivity contribution < 1.29 is 33.9 Å². The van der Waals surface area contributed by atoms with Crippen molar-refractivity contribution in [1.29, 1.82) is 0 Å². The summed E-state index contributed by atoms with van der Waals surface area (Å²) in [5, 5.41) is 26.9. The lowest BCUT2D eigenvalue weighted by Gasteiger charge is -2.22. The van der Waals surface area contributed by atoms with Gasteiger partial charge in [0.25, 0.3) is 0 Å². The van der Waals surface area contributed by atoms with E-state index in [0.717, 1.165) is 0 Å². The number of nitrogens with one attached hydrogen (secondary N) is 4. The number of rotatable bonds is 19. The van der Waals surface area contributed by atoms with Crippen molar-refractivity contribution in [2.75, 3.05) is 19.6 Å². The number of carbonyl (C=O) groups is 6. The second-order valence-corrected chi connectivity index (χ2v) is 10.1. The molecule has 0 aliphatic carbocycles. The van der Waals surface area contributed by atoms with Gasteiger partial charge < -0.3 is 49.3 Å². The smallest absolute Gasteiger partial charge is 0.305 e. The number of carboxylic acids is 1. The molecule has 47 heavy (non-hydrogen) atoms. The van der Waals surface area contributed by atoms with E-state index in [2.05, 4.69) is 36.5 Å². The molecule has 13 N–H and O–H groups in total. The Hall–Kier alpha value is -5.91. The van der Waals surface area contributed by atoms with E-state index in [-0.39, 0.29) is 31.9 Å². The number of nitrogens with two attached hydrogens (primary N) is 4. The number of guanidine groups is 1. The molecule has 0 heterocycles. The van der Waals surface area contributed by atoms with Gasteiger partial charge in [-0.3, -0.25) is 33.8 Å². The number of hydrogen-bond acceptors (Lipinski definition) is 10. The molecule has 0 fully saturated rings. The number of aliphatic imine (C=N–C) groups is 1. The van der Waals surface area contributed by atoms with E-state index in [4.69, 9.17) is 22.9 Å². The van der Waals surface area contributed by atoms with Crippen molar-refractivity contribution in [3.8, 4) is 0 Å². The fourth-order valence-electron chi connectivity index (χ4n) is 3.99. The third-order valence-corrected chi connectivity index (χ3v) is 6.31. The predicted octanol–water partition coefficient (Wildman–Crippen LogP) is -1.81. The van der Waals surface area contributed by atoms with Crippen molar-refractivity contribution in [3.63, 3.8) is 0 Å². The molecule has 0 radical (unpaired) electrons. The van der Waals surface area contributed by atoms with Crippen LogP contribution in [0.25, 0.3) is 0 Å². The van der Waals surface area contributed by atoms with Crippen molar-refractivity contribution >= 4 is 52.8 Å². The van der Waals surface area contributed by atoms with Gasteiger partial charge in [0.15, 0.2) is 5.96 Å². The van der Waals surface area contributed by atoms with Gasteiger partial charge in [-0.15, -0.1) is 0 Å². The number of hydrogen-bond donors (Lipinski definition) is 9. The maximum atomic E-state index is 13.0. The van der Waals surface area contributed by atoms with Gasteiger partial charge in [-0.2, -0.15) is 10.2 Å². The average Bonchev–Trinajstić information content (AvgIpc) is 3.03. The van der Waals surface area contributed by atoms with Gasteiger partial charge in [0.2, 0.25) is 29.5 Å². The SMILES string of the molecule is NCC(=O)N[C@@H](CCCN=C(N)N)C(=O)NCC(=O)N[C@@H](CC(=O)O)C(=O)N[C@@H](Cc1ccc(N=Nc2ccccc2)cc1)C(N)=O. The molecule has 0 aromatic heterocycles.